The number of rotatable bonds is 13. The van der Waals surface area contributed by atoms with Crippen molar-refractivity contribution in [1.82, 2.24) is 10.2 Å². The van der Waals surface area contributed by atoms with Crippen LogP contribution in [0.3, 0.4) is 0 Å². The smallest absolute Gasteiger partial charge is 0.264 e. The zero-order valence-corrected chi connectivity index (χ0v) is 25.2. The maximum Gasteiger partial charge on any atom is 0.264 e. The molecule has 0 aromatic heterocycles. The molecule has 0 aliphatic carbocycles. The van der Waals surface area contributed by atoms with E-state index in [9.17, 15) is 18.0 Å². The molecular weight excluding hydrogens is 554 g/mol. The molecule has 3 aromatic rings. The number of hydrogen-bond donors (Lipinski definition) is 1. The third-order valence-electron chi connectivity index (χ3n) is 6.98. The van der Waals surface area contributed by atoms with Crippen LogP contribution in [-0.2, 0) is 26.0 Å². The molecule has 1 N–H and O–H groups in total. The van der Waals surface area contributed by atoms with Gasteiger partial charge >= 0.3 is 0 Å². The van der Waals surface area contributed by atoms with Crippen LogP contribution < -0.4 is 19.1 Å². The maximum absolute atomic E-state index is 14.1. The highest BCUT2D eigenvalue weighted by Crippen LogP contribution is 2.36. The topological polar surface area (TPSA) is 105 Å². The molecule has 0 spiro atoms. The zero-order chi connectivity index (χ0) is 30.1. The Morgan fingerprint density at radius 2 is 1.55 bits per heavy atom. The van der Waals surface area contributed by atoms with Crippen LogP contribution in [0.1, 0.15) is 32.8 Å². The van der Waals surface area contributed by atoms with Gasteiger partial charge in [-0.25, -0.2) is 8.42 Å². The van der Waals surface area contributed by atoms with Gasteiger partial charge in [0, 0.05) is 19.2 Å². The molecule has 10 heteroatoms. The van der Waals surface area contributed by atoms with Crippen molar-refractivity contribution >= 4 is 27.5 Å². The number of benzene rings is 3. The number of carbonyl (C=O) groups is 2. The van der Waals surface area contributed by atoms with Crippen molar-refractivity contribution in [3.63, 3.8) is 0 Å². The predicted octanol–water partition coefficient (Wildman–Crippen LogP) is 4.28. The van der Waals surface area contributed by atoms with Crippen LogP contribution in [0.4, 0.5) is 5.69 Å². The van der Waals surface area contributed by atoms with Gasteiger partial charge in [0.25, 0.3) is 10.0 Å². The quantitative estimate of drug-likeness (QED) is 0.317. The van der Waals surface area contributed by atoms with E-state index in [1.54, 1.807) is 36.4 Å². The molecule has 42 heavy (non-hydrogen) atoms. The van der Waals surface area contributed by atoms with Gasteiger partial charge in [-0.15, -0.1) is 0 Å². The molecule has 224 valence electrons. The van der Waals surface area contributed by atoms with Crippen LogP contribution in [-0.4, -0.2) is 64.0 Å². The largest absolute Gasteiger partial charge is 0.486 e. The summed E-state index contributed by atoms with van der Waals surface area (Å²) in [6.45, 7) is 6.79. The summed E-state index contributed by atoms with van der Waals surface area (Å²) in [7, 11) is -4.16. The van der Waals surface area contributed by atoms with Crippen LogP contribution >= 0.6 is 0 Å². The minimum Gasteiger partial charge on any atom is -0.486 e. The summed E-state index contributed by atoms with van der Waals surface area (Å²) >= 11 is 0. The Morgan fingerprint density at radius 1 is 0.905 bits per heavy atom. The van der Waals surface area contributed by atoms with Crippen molar-refractivity contribution in [1.29, 1.82) is 0 Å². The van der Waals surface area contributed by atoms with Crippen molar-refractivity contribution in [3.05, 3.63) is 84.4 Å². The van der Waals surface area contributed by atoms with Crippen LogP contribution in [0, 0.1) is 5.92 Å². The van der Waals surface area contributed by atoms with E-state index in [-0.39, 0.29) is 29.0 Å². The molecular formula is C32H39N3O6S. The van der Waals surface area contributed by atoms with E-state index < -0.39 is 28.5 Å². The monoisotopic (exact) mass is 593 g/mol. The highest BCUT2D eigenvalue weighted by Gasteiger charge is 2.34. The summed E-state index contributed by atoms with van der Waals surface area (Å²) in [6.07, 6.45) is 0.885. The molecule has 3 aromatic carbocycles. The summed E-state index contributed by atoms with van der Waals surface area (Å²) in [5, 5.41) is 2.95. The molecule has 9 nitrogen and oxygen atoms in total. The standard InChI is InChI=1S/C32H39N3O6S/c1-4-28(32(37)33-22-24(2)3)34(18-17-25-11-7-5-8-12-25)31(36)23-35(42(38,39)27-13-9-6-10-14-27)26-15-16-29-30(21-26)41-20-19-40-29/h5-16,21,24,28H,4,17-20,22-23H2,1-3H3,(H,33,37)/t28-/m1/s1. The Balaban J connectivity index is 1.70. The molecule has 4 rings (SSSR count). The number of nitrogens with zero attached hydrogens (tertiary/aromatic N) is 2. The van der Waals surface area contributed by atoms with Crippen molar-refractivity contribution in [2.45, 2.75) is 44.6 Å². The highest BCUT2D eigenvalue weighted by molar-refractivity contribution is 7.92. The number of carbonyl (C=O) groups excluding carboxylic acids is 2. The molecule has 0 saturated heterocycles. The van der Waals surface area contributed by atoms with Gasteiger partial charge in [0.1, 0.15) is 25.8 Å². The number of sulfonamides is 1. The molecule has 1 aliphatic heterocycles. The molecule has 0 bridgehead atoms. The second kappa shape index (κ2) is 14.2. The molecule has 1 heterocycles. The average Bonchev–Trinajstić information content (AvgIpc) is 3.01. The number of ether oxygens (including phenoxy) is 2. The van der Waals surface area contributed by atoms with Gasteiger partial charge in [-0.05, 0) is 48.6 Å². The van der Waals surface area contributed by atoms with Crippen molar-refractivity contribution in [3.8, 4) is 11.5 Å². The van der Waals surface area contributed by atoms with Gasteiger partial charge in [0.15, 0.2) is 11.5 Å². The molecule has 0 saturated carbocycles. The van der Waals surface area contributed by atoms with Crippen LogP contribution in [0.15, 0.2) is 83.8 Å². The molecule has 1 atom stereocenters. The van der Waals surface area contributed by atoms with Crippen LogP contribution in [0.5, 0.6) is 11.5 Å². The highest BCUT2D eigenvalue weighted by atomic mass is 32.2. The maximum atomic E-state index is 14.1. The lowest BCUT2D eigenvalue weighted by Gasteiger charge is -2.33. The third kappa shape index (κ3) is 7.61. The zero-order valence-electron chi connectivity index (χ0n) is 24.4. The minimum atomic E-state index is -4.16. The summed E-state index contributed by atoms with van der Waals surface area (Å²) in [5.74, 6) is 0.406. The van der Waals surface area contributed by atoms with Crippen LogP contribution in [0.25, 0.3) is 0 Å². The fourth-order valence-corrected chi connectivity index (χ4v) is 6.18. The van der Waals surface area contributed by atoms with Gasteiger partial charge in [0.2, 0.25) is 11.8 Å². The second-order valence-electron chi connectivity index (χ2n) is 10.5. The lowest BCUT2D eigenvalue weighted by atomic mass is 10.1. The van der Waals surface area contributed by atoms with Crippen molar-refractivity contribution in [2.75, 3.05) is 37.2 Å². The van der Waals surface area contributed by atoms with Gasteiger partial charge in [0.05, 0.1) is 10.6 Å². The molecule has 0 unspecified atom stereocenters. The summed E-state index contributed by atoms with van der Waals surface area (Å²) in [6, 6.07) is 21.7. The van der Waals surface area contributed by atoms with E-state index in [2.05, 4.69) is 5.32 Å². The van der Waals surface area contributed by atoms with E-state index in [0.29, 0.717) is 44.1 Å². The molecule has 1 aliphatic rings. The summed E-state index contributed by atoms with van der Waals surface area (Å²) in [5.41, 5.74) is 1.27. The van der Waals surface area contributed by atoms with E-state index in [1.165, 1.54) is 17.0 Å². The predicted molar refractivity (Wildman–Crippen MR) is 162 cm³/mol. The number of hydrogen-bond acceptors (Lipinski definition) is 6. The van der Waals surface area contributed by atoms with E-state index in [4.69, 9.17) is 9.47 Å². The number of nitrogens with one attached hydrogen (secondary N) is 1. The fourth-order valence-electron chi connectivity index (χ4n) is 4.75. The van der Waals surface area contributed by atoms with E-state index >= 15 is 0 Å². The molecule has 2 amide bonds. The van der Waals surface area contributed by atoms with Gasteiger partial charge in [-0.1, -0.05) is 69.3 Å². The number of fused-ring (bicyclic) bond motifs is 1. The lowest BCUT2D eigenvalue weighted by molar-refractivity contribution is -0.139. The van der Waals surface area contributed by atoms with Crippen LogP contribution in [0.2, 0.25) is 0 Å². The average molecular weight is 594 g/mol. The molecule has 0 radical (unpaired) electrons. The first-order valence-corrected chi connectivity index (χ1v) is 15.7. The Hall–Kier alpha value is -4.05. The number of anilines is 1. The van der Waals surface area contributed by atoms with E-state index in [1.807, 2.05) is 51.1 Å². The normalized spacial score (nSPS) is 13.3. The second-order valence-corrected chi connectivity index (χ2v) is 12.4. The van der Waals surface area contributed by atoms with Gasteiger partial charge in [-0.3, -0.25) is 13.9 Å². The lowest BCUT2D eigenvalue weighted by Crippen LogP contribution is -2.53. The van der Waals surface area contributed by atoms with Crippen molar-refractivity contribution in [2.24, 2.45) is 5.92 Å². The van der Waals surface area contributed by atoms with Gasteiger partial charge in [-0.2, -0.15) is 0 Å². The van der Waals surface area contributed by atoms with E-state index in [0.717, 1.165) is 9.87 Å². The Kier molecular flexibility index (Phi) is 10.5. The Bertz CT molecular complexity index is 1450. The third-order valence-corrected chi connectivity index (χ3v) is 8.77. The van der Waals surface area contributed by atoms with Crippen molar-refractivity contribution < 1.29 is 27.5 Å². The van der Waals surface area contributed by atoms with Gasteiger partial charge < -0.3 is 19.7 Å². The fraction of sp³-hybridized carbons (Fsp3) is 0.375. The minimum absolute atomic E-state index is 0.0465. The first kappa shape index (κ1) is 30.9. The first-order valence-electron chi connectivity index (χ1n) is 14.3. The Labute approximate surface area is 248 Å². The number of amides is 2. The molecule has 0 fully saturated rings. The first-order chi connectivity index (χ1) is 20.2. The Morgan fingerprint density at radius 3 is 2.19 bits per heavy atom. The SMILES string of the molecule is CC[C@H](C(=O)NCC(C)C)N(CCc1ccccc1)C(=O)CN(c1ccc2c(c1)OCCO2)S(=O)(=O)c1ccccc1. The summed E-state index contributed by atoms with van der Waals surface area (Å²) < 4.78 is 40.4. The summed E-state index contributed by atoms with van der Waals surface area (Å²) in [4.78, 5) is 29.0.